The van der Waals surface area contributed by atoms with Crippen molar-refractivity contribution < 1.29 is 4.42 Å². The second-order valence-corrected chi connectivity index (χ2v) is 7.21. The van der Waals surface area contributed by atoms with Gasteiger partial charge in [0.1, 0.15) is 5.58 Å². The van der Waals surface area contributed by atoms with Crippen LogP contribution in [0.25, 0.3) is 33.4 Å². The summed E-state index contributed by atoms with van der Waals surface area (Å²) >= 11 is 0. The van der Waals surface area contributed by atoms with Gasteiger partial charge in [-0.25, -0.2) is 9.78 Å². The van der Waals surface area contributed by atoms with Gasteiger partial charge in [0.2, 0.25) is 0 Å². The summed E-state index contributed by atoms with van der Waals surface area (Å²) in [6.07, 6.45) is 6.91. The van der Waals surface area contributed by atoms with E-state index in [1.807, 2.05) is 48.8 Å². The largest absolute Gasteiger partial charge is 0.422 e. The second-order valence-electron chi connectivity index (χ2n) is 7.21. The maximum absolute atomic E-state index is 12.7. The van der Waals surface area contributed by atoms with E-state index in [9.17, 15) is 4.79 Å². The Morgan fingerprint density at radius 1 is 1.14 bits per heavy atom. The maximum atomic E-state index is 12.7. The number of hydrogen-bond acceptors (Lipinski definition) is 5. The minimum Gasteiger partial charge on any atom is -0.422 e. The molecular formula is C22H20N4O2. The van der Waals surface area contributed by atoms with Crippen LogP contribution in [0.1, 0.15) is 23.4 Å². The van der Waals surface area contributed by atoms with Crippen LogP contribution in [0, 0.1) is 13.8 Å². The number of aromatic nitrogens is 3. The van der Waals surface area contributed by atoms with E-state index in [2.05, 4.69) is 27.4 Å². The fourth-order valence-corrected chi connectivity index (χ4v) is 3.81. The average Bonchev–Trinajstić information content (AvgIpc) is 3.12. The van der Waals surface area contributed by atoms with Crippen LogP contribution < -0.4 is 10.9 Å². The van der Waals surface area contributed by atoms with Gasteiger partial charge in [0.05, 0.1) is 22.6 Å². The summed E-state index contributed by atoms with van der Waals surface area (Å²) in [6.45, 7) is 5.69. The third-order valence-corrected chi connectivity index (χ3v) is 5.17. The quantitative estimate of drug-likeness (QED) is 0.545. The highest BCUT2D eigenvalue weighted by atomic mass is 16.4. The molecule has 0 atom stereocenters. The first-order chi connectivity index (χ1) is 13.6. The lowest BCUT2D eigenvalue weighted by Crippen LogP contribution is -2.20. The lowest BCUT2D eigenvalue weighted by Gasteiger charge is -2.14. The molecule has 0 aliphatic carbocycles. The smallest absolute Gasteiger partial charge is 0.345 e. The van der Waals surface area contributed by atoms with E-state index in [0.717, 1.165) is 47.5 Å². The van der Waals surface area contributed by atoms with Crippen molar-refractivity contribution in [3.63, 3.8) is 0 Å². The zero-order valence-corrected chi connectivity index (χ0v) is 15.8. The highest BCUT2D eigenvalue weighted by Crippen LogP contribution is 2.26. The normalized spacial score (nSPS) is 14.6. The molecule has 0 unspecified atom stereocenters. The van der Waals surface area contributed by atoms with E-state index in [4.69, 9.17) is 4.42 Å². The highest BCUT2D eigenvalue weighted by molar-refractivity contribution is 5.85. The average molecular weight is 372 g/mol. The first-order valence-electron chi connectivity index (χ1n) is 9.40. The molecule has 6 heteroatoms. The van der Waals surface area contributed by atoms with Crippen molar-refractivity contribution in [1.82, 2.24) is 19.7 Å². The van der Waals surface area contributed by atoms with Crippen molar-refractivity contribution in [2.24, 2.45) is 0 Å². The van der Waals surface area contributed by atoms with Gasteiger partial charge >= 0.3 is 5.63 Å². The van der Waals surface area contributed by atoms with Gasteiger partial charge in [-0.15, -0.1) is 0 Å². The summed E-state index contributed by atoms with van der Waals surface area (Å²) in [4.78, 5) is 21.7. The molecule has 4 heterocycles. The van der Waals surface area contributed by atoms with Crippen molar-refractivity contribution in [2.45, 2.75) is 20.3 Å². The molecule has 0 bridgehead atoms. The number of nitrogens with one attached hydrogen (secondary N) is 1. The molecule has 6 nitrogen and oxygen atoms in total. The van der Waals surface area contributed by atoms with E-state index in [-0.39, 0.29) is 5.63 Å². The third kappa shape index (κ3) is 2.82. The Balaban J connectivity index is 1.63. The number of hydrogen-bond donors (Lipinski definition) is 1. The van der Waals surface area contributed by atoms with E-state index in [0.29, 0.717) is 16.8 Å². The SMILES string of the molecule is Cc1cn2cc(-c3cc4ccc(C5=CCNCC5)cc4oc3=O)nc2c(C)n1. The molecule has 3 aromatic heterocycles. The molecule has 4 aromatic rings. The number of aryl methyl sites for hydroxylation is 2. The summed E-state index contributed by atoms with van der Waals surface area (Å²) in [7, 11) is 0. The predicted molar refractivity (Wildman–Crippen MR) is 109 cm³/mol. The Hall–Kier alpha value is -3.25. The van der Waals surface area contributed by atoms with Crippen molar-refractivity contribution in [3.05, 3.63) is 70.1 Å². The van der Waals surface area contributed by atoms with Gasteiger partial charge < -0.3 is 14.1 Å². The molecule has 0 saturated carbocycles. The van der Waals surface area contributed by atoms with Gasteiger partial charge in [-0.05, 0) is 50.1 Å². The molecule has 1 aromatic carbocycles. The third-order valence-electron chi connectivity index (χ3n) is 5.17. The number of imidazole rings is 1. The van der Waals surface area contributed by atoms with Gasteiger partial charge in [0.15, 0.2) is 5.65 Å². The fourth-order valence-electron chi connectivity index (χ4n) is 3.81. The van der Waals surface area contributed by atoms with Crippen molar-refractivity contribution in [1.29, 1.82) is 0 Å². The summed E-state index contributed by atoms with van der Waals surface area (Å²) in [6, 6.07) is 7.91. The summed E-state index contributed by atoms with van der Waals surface area (Å²) in [5, 5.41) is 4.20. The standard InChI is InChI=1S/C22H20N4O2/c1-13-11-26-12-19(25-21(26)14(2)24-13)18-9-17-4-3-16(10-20(17)28-22(18)27)15-5-7-23-8-6-15/h3-5,9-12,23H,6-8H2,1-2H3. The van der Waals surface area contributed by atoms with Gasteiger partial charge in [-0.2, -0.15) is 0 Å². The number of fused-ring (bicyclic) bond motifs is 2. The zero-order chi connectivity index (χ0) is 19.3. The highest BCUT2D eigenvalue weighted by Gasteiger charge is 2.14. The van der Waals surface area contributed by atoms with Crippen LogP contribution in [0.15, 0.2) is 51.9 Å². The van der Waals surface area contributed by atoms with Crippen molar-refractivity contribution in [2.75, 3.05) is 13.1 Å². The Morgan fingerprint density at radius 3 is 2.86 bits per heavy atom. The molecule has 28 heavy (non-hydrogen) atoms. The fraction of sp³-hybridized carbons (Fsp3) is 0.227. The second kappa shape index (κ2) is 6.42. The van der Waals surface area contributed by atoms with Crippen LogP contribution in [0.5, 0.6) is 0 Å². The van der Waals surface area contributed by atoms with Crippen molar-refractivity contribution >= 4 is 22.2 Å². The van der Waals surface area contributed by atoms with E-state index >= 15 is 0 Å². The monoisotopic (exact) mass is 372 g/mol. The molecule has 1 N–H and O–H groups in total. The number of nitrogens with zero attached hydrogens (tertiary/aromatic N) is 3. The zero-order valence-electron chi connectivity index (χ0n) is 15.8. The first kappa shape index (κ1) is 16.9. The topological polar surface area (TPSA) is 72.4 Å². The molecule has 0 fully saturated rings. The van der Waals surface area contributed by atoms with Gasteiger partial charge in [0.25, 0.3) is 0 Å². The van der Waals surface area contributed by atoms with Crippen LogP contribution in [0.2, 0.25) is 0 Å². The van der Waals surface area contributed by atoms with Crippen molar-refractivity contribution in [3.8, 4) is 11.3 Å². The molecule has 0 radical (unpaired) electrons. The molecule has 0 saturated heterocycles. The molecule has 1 aliphatic heterocycles. The Labute approximate surface area is 161 Å². The Morgan fingerprint density at radius 2 is 2.04 bits per heavy atom. The number of benzene rings is 1. The van der Waals surface area contributed by atoms with E-state index in [1.54, 1.807) is 0 Å². The molecule has 0 spiro atoms. The molecule has 0 amide bonds. The minimum absolute atomic E-state index is 0.380. The molecular weight excluding hydrogens is 352 g/mol. The lowest BCUT2D eigenvalue weighted by atomic mass is 9.99. The summed E-state index contributed by atoms with van der Waals surface area (Å²) in [5.74, 6) is 0. The Kier molecular flexibility index (Phi) is 3.87. The van der Waals surface area contributed by atoms with Crippen LogP contribution >= 0.6 is 0 Å². The first-order valence-corrected chi connectivity index (χ1v) is 9.40. The Bertz CT molecular complexity index is 1310. The summed E-state index contributed by atoms with van der Waals surface area (Å²) in [5.41, 5.74) is 6.14. The lowest BCUT2D eigenvalue weighted by molar-refractivity contribution is 0.563. The van der Waals surface area contributed by atoms with Crippen LogP contribution in [-0.4, -0.2) is 27.5 Å². The predicted octanol–water partition coefficient (Wildman–Crippen LogP) is 3.50. The maximum Gasteiger partial charge on any atom is 0.345 e. The van der Waals surface area contributed by atoms with Crippen LogP contribution in [0.4, 0.5) is 0 Å². The molecule has 140 valence electrons. The minimum atomic E-state index is -0.380. The van der Waals surface area contributed by atoms with Gasteiger partial charge in [-0.1, -0.05) is 18.2 Å². The van der Waals surface area contributed by atoms with Gasteiger partial charge in [0, 0.05) is 24.3 Å². The summed E-state index contributed by atoms with van der Waals surface area (Å²) < 4.78 is 7.57. The van der Waals surface area contributed by atoms with Crippen LogP contribution in [0.3, 0.4) is 0 Å². The van der Waals surface area contributed by atoms with Gasteiger partial charge in [-0.3, -0.25) is 4.98 Å². The van der Waals surface area contributed by atoms with E-state index < -0.39 is 0 Å². The molecule has 1 aliphatic rings. The van der Waals surface area contributed by atoms with Crippen LogP contribution in [-0.2, 0) is 0 Å². The van der Waals surface area contributed by atoms with E-state index in [1.165, 1.54) is 5.57 Å². The molecule has 5 rings (SSSR count). The number of rotatable bonds is 2.